The van der Waals surface area contributed by atoms with Gasteiger partial charge < -0.3 is 20.1 Å². The normalized spacial score (nSPS) is 11.7. The lowest BCUT2D eigenvalue weighted by Gasteiger charge is -2.18. The van der Waals surface area contributed by atoms with Gasteiger partial charge in [-0.1, -0.05) is 59.6 Å². The van der Waals surface area contributed by atoms with Crippen molar-refractivity contribution in [3.8, 4) is 5.75 Å². The molecule has 0 spiro atoms. The van der Waals surface area contributed by atoms with Gasteiger partial charge in [0.2, 0.25) is 5.91 Å². The molecule has 5 nitrogen and oxygen atoms in total. The number of nitrogens with one attached hydrogen (secondary N) is 1. The van der Waals surface area contributed by atoms with Crippen molar-refractivity contribution in [2.45, 2.75) is 25.7 Å². The van der Waals surface area contributed by atoms with Crippen molar-refractivity contribution in [1.82, 2.24) is 5.32 Å². The number of hydrogen-bond acceptors (Lipinski definition) is 4. The van der Waals surface area contributed by atoms with E-state index in [9.17, 15) is 14.8 Å². The number of amides is 1. The van der Waals surface area contributed by atoms with E-state index in [4.69, 9.17) is 27.9 Å². The summed E-state index contributed by atoms with van der Waals surface area (Å²) in [6, 6.07) is 12.7. The van der Waals surface area contributed by atoms with Gasteiger partial charge in [0.15, 0.2) is 5.75 Å². The van der Waals surface area contributed by atoms with Crippen molar-refractivity contribution < 1.29 is 19.6 Å². The Kier molecular flexibility index (Phi) is 7.78. The maximum absolute atomic E-state index is 12.1. The smallest absolute Gasteiger partial charge is 0.475 e. The molecular weight excluding hydrogens is 376 g/mol. The molecule has 0 saturated heterocycles. The molecule has 1 unspecified atom stereocenters. The van der Waals surface area contributed by atoms with Gasteiger partial charge in [0.25, 0.3) is 0 Å². The Labute approximate surface area is 163 Å². The average Bonchev–Trinajstić information content (AvgIpc) is 2.61. The predicted molar refractivity (Wildman–Crippen MR) is 104 cm³/mol. The van der Waals surface area contributed by atoms with Crippen LogP contribution >= 0.6 is 23.2 Å². The molecule has 0 fully saturated rings. The van der Waals surface area contributed by atoms with Gasteiger partial charge in [0.1, 0.15) is 0 Å². The maximum Gasteiger partial charge on any atom is 0.475 e. The summed E-state index contributed by atoms with van der Waals surface area (Å²) in [4.78, 5) is 12.1. The minimum absolute atomic E-state index is 0.0264. The van der Waals surface area contributed by atoms with Crippen molar-refractivity contribution in [1.29, 1.82) is 0 Å². The van der Waals surface area contributed by atoms with Gasteiger partial charge in [-0.25, -0.2) is 0 Å². The van der Waals surface area contributed by atoms with Crippen LogP contribution in [0.15, 0.2) is 42.5 Å². The molecule has 0 radical (unpaired) electrons. The summed E-state index contributed by atoms with van der Waals surface area (Å²) < 4.78 is 5.53. The Balaban J connectivity index is 1.88. The fourth-order valence-corrected chi connectivity index (χ4v) is 2.87. The summed E-state index contributed by atoms with van der Waals surface area (Å²) in [5.74, 6) is -0.834. The molecule has 0 aliphatic heterocycles. The molecule has 2 rings (SSSR count). The van der Waals surface area contributed by atoms with Gasteiger partial charge in [-0.15, -0.1) is 0 Å². The zero-order valence-electron chi connectivity index (χ0n) is 14.3. The summed E-state index contributed by atoms with van der Waals surface area (Å²) in [5.41, 5.74) is 1.71. The minimum Gasteiger partial charge on any atom is -0.490 e. The van der Waals surface area contributed by atoms with E-state index < -0.39 is 13.1 Å². The number of rotatable bonds is 8. The first-order chi connectivity index (χ1) is 12.4. The highest BCUT2D eigenvalue weighted by molar-refractivity contribution is 6.43. The molecule has 0 aliphatic carbocycles. The van der Waals surface area contributed by atoms with E-state index in [1.807, 2.05) is 37.3 Å². The van der Waals surface area contributed by atoms with Crippen LogP contribution in [0.4, 0.5) is 0 Å². The zero-order valence-corrected chi connectivity index (χ0v) is 15.8. The van der Waals surface area contributed by atoms with Crippen LogP contribution in [-0.2, 0) is 11.2 Å². The van der Waals surface area contributed by atoms with E-state index >= 15 is 0 Å². The van der Waals surface area contributed by atoms with E-state index in [-0.39, 0.29) is 18.9 Å². The molecule has 1 amide bonds. The summed E-state index contributed by atoms with van der Waals surface area (Å²) in [5, 5.41) is 22.4. The minimum atomic E-state index is -1.67. The van der Waals surface area contributed by atoms with Gasteiger partial charge in [0, 0.05) is 0 Å². The predicted octanol–water partition coefficient (Wildman–Crippen LogP) is 2.81. The van der Waals surface area contributed by atoms with E-state index in [0.29, 0.717) is 22.2 Å². The lowest BCUT2D eigenvalue weighted by Crippen LogP contribution is -2.48. The number of aryl methyl sites for hydroxylation is 1. The van der Waals surface area contributed by atoms with Crippen LogP contribution < -0.4 is 10.1 Å². The van der Waals surface area contributed by atoms with Crippen molar-refractivity contribution in [2.75, 3.05) is 6.61 Å². The van der Waals surface area contributed by atoms with Crippen LogP contribution in [0.1, 0.15) is 17.5 Å². The molecule has 26 heavy (non-hydrogen) atoms. The molecular formula is C18H20BCl2NO4. The Morgan fingerprint density at radius 1 is 1.19 bits per heavy atom. The molecule has 2 aromatic rings. The number of carbonyl (C=O) groups excluding carboxylic acids is 1. The maximum atomic E-state index is 12.1. The second-order valence-electron chi connectivity index (χ2n) is 5.88. The SMILES string of the molecule is Cc1ccc(Cl)c(OCCC(=O)NC(Cc2ccccc2)B(O)O)c1Cl. The van der Waals surface area contributed by atoms with Crippen LogP contribution in [0.2, 0.25) is 10.0 Å². The Morgan fingerprint density at radius 3 is 2.54 bits per heavy atom. The number of benzene rings is 2. The highest BCUT2D eigenvalue weighted by atomic mass is 35.5. The Morgan fingerprint density at radius 2 is 1.88 bits per heavy atom. The molecule has 3 N–H and O–H groups in total. The summed E-state index contributed by atoms with van der Waals surface area (Å²) >= 11 is 12.2. The van der Waals surface area contributed by atoms with Crippen molar-refractivity contribution in [3.63, 3.8) is 0 Å². The number of carbonyl (C=O) groups is 1. The summed E-state index contributed by atoms with van der Waals surface area (Å²) in [6.45, 7) is 1.89. The lowest BCUT2D eigenvalue weighted by atomic mass is 9.76. The first-order valence-electron chi connectivity index (χ1n) is 8.15. The van der Waals surface area contributed by atoms with Crippen molar-refractivity contribution in [3.05, 3.63) is 63.6 Å². The quantitative estimate of drug-likeness (QED) is 0.600. The number of ether oxygens (including phenoxy) is 1. The molecule has 0 aromatic heterocycles. The van der Waals surface area contributed by atoms with Crippen LogP contribution in [0.25, 0.3) is 0 Å². The van der Waals surface area contributed by atoms with E-state index in [0.717, 1.165) is 11.1 Å². The second-order valence-corrected chi connectivity index (χ2v) is 6.67. The average molecular weight is 396 g/mol. The summed E-state index contributed by atoms with van der Waals surface area (Å²) in [6.07, 6.45) is 0.333. The number of hydrogen-bond donors (Lipinski definition) is 3. The van der Waals surface area contributed by atoms with E-state index in [1.165, 1.54) is 0 Å². The van der Waals surface area contributed by atoms with Crippen LogP contribution in [0.5, 0.6) is 5.75 Å². The fraction of sp³-hybridized carbons (Fsp3) is 0.278. The van der Waals surface area contributed by atoms with Crippen LogP contribution in [-0.4, -0.2) is 35.6 Å². The standard InChI is InChI=1S/C18H20BCl2NO4/c1-12-7-8-14(20)18(17(12)21)26-10-9-16(23)22-15(19(24)25)11-13-5-3-2-4-6-13/h2-8,15,24-25H,9-11H2,1H3,(H,22,23). The Hall–Kier alpha value is -1.73. The molecule has 0 aliphatic rings. The molecule has 8 heteroatoms. The first kappa shape index (κ1) is 20.6. The molecule has 138 valence electrons. The highest BCUT2D eigenvalue weighted by Crippen LogP contribution is 2.35. The highest BCUT2D eigenvalue weighted by Gasteiger charge is 2.25. The molecule has 2 aromatic carbocycles. The molecule has 0 heterocycles. The third-order valence-electron chi connectivity index (χ3n) is 3.82. The third-order valence-corrected chi connectivity index (χ3v) is 4.59. The topological polar surface area (TPSA) is 78.8 Å². The second kappa shape index (κ2) is 9.83. The van der Waals surface area contributed by atoms with Gasteiger partial charge in [-0.05, 0) is 30.5 Å². The van der Waals surface area contributed by atoms with Crippen molar-refractivity contribution in [2.24, 2.45) is 0 Å². The van der Waals surface area contributed by atoms with Crippen LogP contribution in [0, 0.1) is 6.92 Å². The van der Waals surface area contributed by atoms with Gasteiger partial charge >= 0.3 is 7.12 Å². The lowest BCUT2D eigenvalue weighted by molar-refractivity contribution is -0.122. The third kappa shape index (κ3) is 5.92. The monoisotopic (exact) mass is 395 g/mol. The van der Waals surface area contributed by atoms with Gasteiger partial charge in [0.05, 0.1) is 29.0 Å². The fourth-order valence-electron chi connectivity index (χ4n) is 2.39. The van der Waals surface area contributed by atoms with Gasteiger partial charge in [-0.3, -0.25) is 4.79 Å². The van der Waals surface area contributed by atoms with Crippen molar-refractivity contribution >= 4 is 36.2 Å². The summed E-state index contributed by atoms with van der Waals surface area (Å²) in [7, 11) is -1.67. The van der Waals surface area contributed by atoms with E-state index in [2.05, 4.69) is 5.32 Å². The Bertz CT molecular complexity index is 743. The van der Waals surface area contributed by atoms with E-state index in [1.54, 1.807) is 12.1 Å². The van der Waals surface area contributed by atoms with Crippen LogP contribution in [0.3, 0.4) is 0 Å². The molecule has 1 atom stereocenters. The largest absolute Gasteiger partial charge is 0.490 e. The molecule has 0 bridgehead atoms. The van der Waals surface area contributed by atoms with Gasteiger partial charge in [-0.2, -0.15) is 0 Å². The first-order valence-corrected chi connectivity index (χ1v) is 8.91. The molecule has 0 saturated carbocycles. The number of halogens is 2. The zero-order chi connectivity index (χ0) is 19.1.